The number of aromatic amines is 1. The summed E-state index contributed by atoms with van der Waals surface area (Å²) in [6.07, 6.45) is 3.96. The van der Waals surface area contributed by atoms with E-state index < -0.39 is 5.97 Å². The van der Waals surface area contributed by atoms with Crippen LogP contribution in [0.1, 0.15) is 12.8 Å². The number of carbonyl (C=O) groups excluding carboxylic acids is 1. The van der Waals surface area contributed by atoms with Crippen molar-refractivity contribution >= 4 is 17.7 Å². The van der Waals surface area contributed by atoms with Gasteiger partial charge in [0.25, 0.3) is 0 Å². The van der Waals surface area contributed by atoms with Gasteiger partial charge < -0.3 is 15.3 Å². The number of carboxylic acids is 1. The third-order valence-corrected chi connectivity index (χ3v) is 2.79. The second kappa shape index (κ2) is 4.86. The standard InChI is InChI=1S/C10H14N4O3/c15-9(16)3-7-1-2-14(6-7)10(17)13-8-4-11-12-5-8/h4-5,7H,1-3,6H2,(H,11,12)(H,13,17)(H,15,16). The molecule has 0 aliphatic carbocycles. The van der Waals surface area contributed by atoms with Crippen LogP contribution in [0.4, 0.5) is 10.5 Å². The Kier molecular flexibility index (Phi) is 3.27. The summed E-state index contributed by atoms with van der Waals surface area (Å²) >= 11 is 0. The van der Waals surface area contributed by atoms with E-state index in [1.165, 1.54) is 6.20 Å². The molecular weight excluding hydrogens is 224 g/mol. The summed E-state index contributed by atoms with van der Waals surface area (Å²) in [4.78, 5) is 24.0. The van der Waals surface area contributed by atoms with E-state index in [1.807, 2.05) is 0 Å². The van der Waals surface area contributed by atoms with Gasteiger partial charge in [0, 0.05) is 25.7 Å². The van der Waals surface area contributed by atoms with Gasteiger partial charge in [-0.3, -0.25) is 9.89 Å². The normalized spacial score (nSPS) is 19.3. The average molecular weight is 238 g/mol. The number of H-pyrrole nitrogens is 1. The average Bonchev–Trinajstić information content (AvgIpc) is 2.87. The number of carboxylic acid groups (broad SMARTS) is 1. The monoisotopic (exact) mass is 238 g/mol. The fourth-order valence-corrected chi connectivity index (χ4v) is 1.95. The third-order valence-electron chi connectivity index (χ3n) is 2.79. The second-order valence-corrected chi connectivity index (χ2v) is 4.12. The number of nitrogens with one attached hydrogen (secondary N) is 2. The maximum Gasteiger partial charge on any atom is 0.321 e. The maximum atomic E-state index is 11.8. The van der Waals surface area contributed by atoms with Crippen molar-refractivity contribution in [1.82, 2.24) is 15.1 Å². The van der Waals surface area contributed by atoms with Gasteiger partial charge in [-0.05, 0) is 12.3 Å². The summed E-state index contributed by atoms with van der Waals surface area (Å²) in [6.45, 7) is 1.09. The van der Waals surface area contributed by atoms with Crippen molar-refractivity contribution in [3.05, 3.63) is 12.4 Å². The molecule has 0 radical (unpaired) electrons. The lowest BCUT2D eigenvalue weighted by molar-refractivity contribution is -0.138. The Balaban J connectivity index is 1.83. The van der Waals surface area contributed by atoms with Gasteiger partial charge in [-0.1, -0.05) is 0 Å². The molecule has 2 amide bonds. The molecule has 7 nitrogen and oxygen atoms in total. The van der Waals surface area contributed by atoms with Crippen molar-refractivity contribution in [3.63, 3.8) is 0 Å². The molecule has 1 aliphatic rings. The van der Waals surface area contributed by atoms with E-state index in [0.29, 0.717) is 18.8 Å². The van der Waals surface area contributed by atoms with Crippen LogP contribution in [0.2, 0.25) is 0 Å². The summed E-state index contributed by atoms with van der Waals surface area (Å²) < 4.78 is 0. The molecule has 2 heterocycles. The maximum absolute atomic E-state index is 11.8. The Morgan fingerprint density at radius 1 is 1.65 bits per heavy atom. The van der Waals surface area contributed by atoms with Crippen molar-refractivity contribution in [3.8, 4) is 0 Å². The molecule has 1 saturated heterocycles. The summed E-state index contributed by atoms with van der Waals surface area (Å²) in [5.41, 5.74) is 0.608. The highest BCUT2D eigenvalue weighted by Crippen LogP contribution is 2.20. The Morgan fingerprint density at radius 3 is 3.12 bits per heavy atom. The topological polar surface area (TPSA) is 98.3 Å². The molecule has 7 heteroatoms. The van der Waals surface area contributed by atoms with Gasteiger partial charge in [-0.25, -0.2) is 4.79 Å². The Bertz CT molecular complexity index is 404. The van der Waals surface area contributed by atoms with Gasteiger partial charge in [0.2, 0.25) is 0 Å². The largest absolute Gasteiger partial charge is 0.481 e. The molecule has 2 rings (SSSR count). The van der Waals surface area contributed by atoms with Crippen LogP contribution >= 0.6 is 0 Å². The van der Waals surface area contributed by atoms with Gasteiger partial charge in [-0.2, -0.15) is 5.10 Å². The van der Waals surface area contributed by atoms with Crippen molar-refractivity contribution in [1.29, 1.82) is 0 Å². The van der Waals surface area contributed by atoms with Crippen LogP contribution in [0.15, 0.2) is 12.4 Å². The number of carbonyl (C=O) groups is 2. The number of amides is 2. The van der Waals surface area contributed by atoms with Crippen molar-refractivity contribution in [2.45, 2.75) is 12.8 Å². The molecule has 0 bridgehead atoms. The van der Waals surface area contributed by atoms with E-state index in [2.05, 4.69) is 15.5 Å². The van der Waals surface area contributed by atoms with E-state index in [4.69, 9.17) is 5.11 Å². The van der Waals surface area contributed by atoms with E-state index >= 15 is 0 Å². The zero-order valence-corrected chi connectivity index (χ0v) is 9.22. The molecule has 92 valence electrons. The minimum Gasteiger partial charge on any atom is -0.481 e. The number of urea groups is 1. The zero-order chi connectivity index (χ0) is 12.3. The van der Waals surface area contributed by atoms with E-state index in [9.17, 15) is 9.59 Å². The number of anilines is 1. The van der Waals surface area contributed by atoms with E-state index in [0.717, 1.165) is 6.42 Å². The molecule has 1 fully saturated rings. The molecule has 0 spiro atoms. The lowest BCUT2D eigenvalue weighted by Gasteiger charge is -2.16. The van der Waals surface area contributed by atoms with Crippen LogP contribution in [0, 0.1) is 5.92 Å². The molecule has 0 aromatic carbocycles. The number of rotatable bonds is 3. The molecule has 1 aliphatic heterocycles. The van der Waals surface area contributed by atoms with Gasteiger partial charge in [0.05, 0.1) is 11.9 Å². The first-order valence-corrected chi connectivity index (χ1v) is 5.41. The summed E-state index contributed by atoms with van der Waals surface area (Å²) in [7, 11) is 0. The number of hydrogen-bond acceptors (Lipinski definition) is 3. The van der Waals surface area contributed by atoms with Crippen LogP contribution in [0.3, 0.4) is 0 Å². The molecule has 17 heavy (non-hydrogen) atoms. The van der Waals surface area contributed by atoms with Crippen LogP contribution in [-0.2, 0) is 4.79 Å². The predicted octanol–water partition coefficient (Wildman–Crippen LogP) is 0.738. The van der Waals surface area contributed by atoms with Crippen LogP contribution < -0.4 is 5.32 Å². The van der Waals surface area contributed by atoms with Crippen LogP contribution in [0.25, 0.3) is 0 Å². The van der Waals surface area contributed by atoms with Crippen molar-refractivity contribution in [2.75, 3.05) is 18.4 Å². The van der Waals surface area contributed by atoms with Crippen LogP contribution in [0.5, 0.6) is 0 Å². The number of likely N-dealkylation sites (tertiary alicyclic amines) is 1. The van der Waals surface area contributed by atoms with Crippen molar-refractivity contribution < 1.29 is 14.7 Å². The minimum absolute atomic E-state index is 0.0580. The van der Waals surface area contributed by atoms with E-state index in [1.54, 1.807) is 11.1 Å². The number of hydrogen-bond donors (Lipinski definition) is 3. The quantitative estimate of drug-likeness (QED) is 0.723. The van der Waals surface area contributed by atoms with E-state index in [-0.39, 0.29) is 18.4 Å². The minimum atomic E-state index is -0.813. The molecule has 1 unspecified atom stereocenters. The van der Waals surface area contributed by atoms with Gasteiger partial charge in [0.15, 0.2) is 0 Å². The highest BCUT2D eigenvalue weighted by Gasteiger charge is 2.27. The fraction of sp³-hybridized carbons (Fsp3) is 0.500. The Hall–Kier alpha value is -2.05. The Labute approximate surface area is 97.8 Å². The predicted molar refractivity (Wildman–Crippen MR) is 59.5 cm³/mol. The molecule has 0 saturated carbocycles. The number of nitrogens with zero attached hydrogens (tertiary/aromatic N) is 2. The van der Waals surface area contributed by atoms with Gasteiger partial charge in [-0.15, -0.1) is 0 Å². The summed E-state index contributed by atoms with van der Waals surface area (Å²) in [5.74, 6) is -0.755. The molecule has 1 aromatic heterocycles. The highest BCUT2D eigenvalue weighted by atomic mass is 16.4. The second-order valence-electron chi connectivity index (χ2n) is 4.12. The van der Waals surface area contributed by atoms with Gasteiger partial charge in [0.1, 0.15) is 0 Å². The zero-order valence-electron chi connectivity index (χ0n) is 9.22. The SMILES string of the molecule is O=C(O)CC1CCN(C(=O)Nc2cn[nH]c2)C1. The molecule has 3 N–H and O–H groups in total. The fourth-order valence-electron chi connectivity index (χ4n) is 1.95. The van der Waals surface area contributed by atoms with Gasteiger partial charge >= 0.3 is 12.0 Å². The summed E-state index contributed by atoms with van der Waals surface area (Å²) in [5, 5.41) is 17.7. The smallest absolute Gasteiger partial charge is 0.321 e. The Morgan fingerprint density at radius 2 is 2.47 bits per heavy atom. The van der Waals surface area contributed by atoms with Crippen LogP contribution in [-0.4, -0.2) is 45.3 Å². The summed E-state index contributed by atoms with van der Waals surface area (Å²) in [6, 6.07) is -0.209. The first-order valence-electron chi connectivity index (χ1n) is 5.41. The highest BCUT2D eigenvalue weighted by molar-refractivity contribution is 5.89. The lowest BCUT2D eigenvalue weighted by Crippen LogP contribution is -2.33. The molecule has 1 atom stereocenters. The first-order chi connectivity index (χ1) is 8.15. The third kappa shape index (κ3) is 2.96. The van der Waals surface area contributed by atoms with Crippen molar-refractivity contribution in [2.24, 2.45) is 5.92 Å². The molecule has 1 aromatic rings. The first kappa shape index (κ1) is 11.4. The lowest BCUT2D eigenvalue weighted by atomic mass is 10.1. The molecular formula is C10H14N4O3. The number of aromatic nitrogens is 2. The number of aliphatic carboxylic acids is 1.